The molecule has 0 bridgehead atoms. The van der Waals surface area contributed by atoms with Crippen molar-refractivity contribution in [1.82, 2.24) is 0 Å². The highest BCUT2D eigenvalue weighted by Gasteiger charge is 2.08. The molecule has 0 radical (unpaired) electrons. The molecule has 0 aromatic heterocycles. The van der Waals surface area contributed by atoms with Crippen LogP contribution in [0.25, 0.3) is 0 Å². The summed E-state index contributed by atoms with van der Waals surface area (Å²) >= 11 is 0. The van der Waals surface area contributed by atoms with Gasteiger partial charge in [-0.3, -0.25) is 4.21 Å². The third-order valence-corrected chi connectivity index (χ3v) is 4.07. The van der Waals surface area contributed by atoms with Crippen LogP contribution in [0.15, 0.2) is 29.2 Å². The zero-order chi connectivity index (χ0) is 9.90. The summed E-state index contributed by atoms with van der Waals surface area (Å²) in [5, 5.41) is 1.71. The van der Waals surface area contributed by atoms with E-state index in [1.807, 2.05) is 24.3 Å². The largest absolute Gasteiger partial charge is 0.496 e. The van der Waals surface area contributed by atoms with Crippen LogP contribution in [0, 0.1) is 0 Å². The van der Waals surface area contributed by atoms with E-state index < -0.39 is 9.52 Å². The molecule has 0 heterocycles. The summed E-state index contributed by atoms with van der Waals surface area (Å²) in [7, 11) is -0.454. The van der Waals surface area contributed by atoms with Crippen LogP contribution in [0.3, 0.4) is 0 Å². The molecule has 0 fully saturated rings. The van der Waals surface area contributed by atoms with Gasteiger partial charge in [0.25, 0.3) is 0 Å². The topological polar surface area (TPSA) is 26.3 Å². The Morgan fingerprint density at radius 2 is 2.00 bits per heavy atom. The Morgan fingerprint density at radius 1 is 1.38 bits per heavy atom. The number of hydrogen-bond acceptors (Lipinski definition) is 2. The smallest absolute Gasteiger partial charge is 0.134 e. The van der Waals surface area contributed by atoms with Crippen LogP contribution >= 0.6 is 0 Å². The van der Waals surface area contributed by atoms with Gasteiger partial charge in [-0.15, -0.1) is 0 Å². The van der Waals surface area contributed by atoms with Crippen molar-refractivity contribution in [3.05, 3.63) is 24.3 Å². The van der Waals surface area contributed by atoms with Crippen molar-refractivity contribution in [1.29, 1.82) is 0 Å². The Labute approximate surface area is 79.6 Å². The summed E-state index contributed by atoms with van der Waals surface area (Å²) in [5.74, 6) is 0.688. The Bertz CT molecular complexity index is 401. The predicted molar refractivity (Wildman–Crippen MR) is 57.1 cm³/mol. The van der Waals surface area contributed by atoms with Gasteiger partial charge in [-0.05, 0) is 33.9 Å². The Hall–Kier alpha value is -0.960. The minimum absolute atomic E-state index is 0.688. The zero-order valence-electron chi connectivity index (χ0n) is 8.11. The van der Waals surface area contributed by atoms with Crippen molar-refractivity contribution in [2.24, 2.45) is 0 Å². The van der Waals surface area contributed by atoms with E-state index in [0.717, 1.165) is 4.90 Å². The fourth-order valence-corrected chi connectivity index (χ4v) is 2.23. The van der Waals surface area contributed by atoms with Crippen molar-refractivity contribution in [2.75, 3.05) is 13.4 Å². The normalized spacial score (nSPS) is 14.7. The lowest BCUT2D eigenvalue weighted by molar-refractivity contribution is 0.404. The monoisotopic (exact) mass is 198 g/mol. The molecule has 0 amide bonds. The van der Waals surface area contributed by atoms with Crippen LogP contribution < -0.4 is 4.74 Å². The van der Waals surface area contributed by atoms with E-state index in [2.05, 4.69) is 0 Å². The molecule has 0 N–H and O–H groups in total. The molecule has 0 saturated carbocycles. The van der Waals surface area contributed by atoms with Gasteiger partial charge in [0.2, 0.25) is 0 Å². The fraction of sp³-hybridized carbons (Fsp3) is 0.300. The molecule has 1 rings (SSSR count). The summed E-state index contributed by atoms with van der Waals surface area (Å²) in [6.07, 6.45) is 1.71. The highest BCUT2D eigenvalue weighted by atomic mass is 32.2. The Kier molecular flexibility index (Phi) is 2.98. The molecule has 0 aliphatic carbocycles. The van der Waals surface area contributed by atoms with Crippen LogP contribution in [-0.2, 0) is 9.52 Å². The van der Waals surface area contributed by atoms with Gasteiger partial charge in [-0.25, -0.2) is 0 Å². The van der Waals surface area contributed by atoms with E-state index in [1.54, 1.807) is 25.7 Å². The van der Waals surface area contributed by atoms with Gasteiger partial charge in [-0.1, -0.05) is 12.1 Å². The van der Waals surface area contributed by atoms with Gasteiger partial charge < -0.3 is 4.74 Å². The zero-order valence-corrected chi connectivity index (χ0v) is 8.93. The average Bonchev–Trinajstić information content (AvgIpc) is 2.18. The lowest BCUT2D eigenvalue weighted by Gasteiger charge is -2.09. The first kappa shape index (κ1) is 10.1. The average molecular weight is 198 g/mol. The highest BCUT2D eigenvalue weighted by Crippen LogP contribution is 2.22. The second-order valence-electron chi connectivity index (χ2n) is 2.79. The minimum Gasteiger partial charge on any atom is -0.496 e. The molecule has 72 valence electrons. The van der Waals surface area contributed by atoms with Crippen LogP contribution in [0.4, 0.5) is 0 Å². The van der Waals surface area contributed by atoms with E-state index in [-0.39, 0.29) is 0 Å². The molecule has 2 nitrogen and oxygen atoms in total. The molecule has 3 heteroatoms. The van der Waals surface area contributed by atoms with Gasteiger partial charge in [0.05, 0.1) is 12.0 Å². The van der Waals surface area contributed by atoms with E-state index >= 15 is 0 Å². The third kappa shape index (κ3) is 2.04. The van der Waals surface area contributed by atoms with Gasteiger partial charge >= 0.3 is 0 Å². The first-order valence-electron chi connectivity index (χ1n) is 4.03. The van der Waals surface area contributed by atoms with Crippen LogP contribution in [-0.4, -0.2) is 22.9 Å². The van der Waals surface area contributed by atoms with Gasteiger partial charge in [-0.2, -0.15) is 0 Å². The number of para-hydroxylation sites is 1. The number of hydrogen-bond donors (Lipinski definition) is 0. The number of methoxy groups -OCH3 is 1. The maximum absolute atomic E-state index is 12.0. The third-order valence-electron chi connectivity index (χ3n) is 1.96. The fourth-order valence-electron chi connectivity index (χ4n) is 1.08. The van der Waals surface area contributed by atoms with E-state index in [1.165, 1.54) is 0 Å². The standard InChI is InChI=1S/C10H14O2S/c1-4-13(3,11)10-8-6-5-7-9(10)12-2/h4-8H,1-3H3. The molecule has 0 aliphatic rings. The SMILES string of the molecule is CC=S(C)(=O)c1ccccc1OC. The highest BCUT2D eigenvalue weighted by molar-refractivity contribution is 8.00. The lowest BCUT2D eigenvalue weighted by Crippen LogP contribution is -2.02. The second kappa shape index (κ2) is 3.83. The first-order chi connectivity index (χ1) is 6.11. The summed E-state index contributed by atoms with van der Waals surface area (Å²) < 4.78 is 17.1. The maximum Gasteiger partial charge on any atom is 0.134 e. The molecule has 1 aromatic carbocycles. The first-order valence-corrected chi connectivity index (χ1v) is 6.06. The molecule has 1 unspecified atom stereocenters. The van der Waals surface area contributed by atoms with Gasteiger partial charge in [0.15, 0.2) is 0 Å². The molecule has 0 aliphatic heterocycles. The van der Waals surface area contributed by atoms with Crippen molar-refractivity contribution in [3.63, 3.8) is 0 Å². The summed E-state index contributed by atoms with van der Waals surface area (Å²) in [6.45, 7) is 1.80. The van der Waals surface area contributed by atoms with E-state index in [9.17, 15) is 4.21 Å². The van der Waals surface area contributed by atoms with Crippen LogP contribution in [0.2, 0.25) is 0 Å². The molecule has 0 spiro atoms. The molecular formula is C10H14O2S. The van der Waals surface area contributed by atoms with E-state index in [4.69, 9.17) is 4.74 Å². The molecule has 0 saturated heterocycles. The minimum atomic E-state index is -2.04. The molecule has 1 aromatic rings. The quantitative estimate of drug-likeness (QED) is 0.677. The second-order valence-corrected chi connectivity index (χ2v) is 5.51. The van der Waals surface area contributed by atoms with Crippen LogP contribution in [0.5, 0.6) is 5.75 Å². The summed E-state index contributed by atoms with van der Waals surface area (Å²) in [6, 6.07) is 7.39. The van der Waals surface area contributed by atoms with Gasteiger partial charge in [0, 0.05) is 6.26 Å². The molecular weight excluding hydrogens is 184 g/mol. The van der Waals surface area contributed by atoms with E-state index in [0.29, 0.717) is 5.75 Å². The van der Waals surface area contributed by atoms with Crippen molar-refractivity contribution in [2.45, 2.75) is 11.8 Å². The molecule has 1 atom stereocenters. The number of ether oxygens (including phenoxy) is 1. The lowest BCUT2D eigenvalue weighted by atomic mass is 10.3. The Morgan fingerprint density at radius 3 is 2.54 bits per heavy atom. The van der Waals surface area contributed by atoms with Crippen molar-refractivity contribution in [3.8, 4) is 5.75 Å². The van der Waals surface area contributed by atoms with Crippen molar-refractivity contribution < 1.29 is 8.95 Å². The maximum atomic E-state index is 12.0. The van der Waals surface area contributed by atoms with Gasteiger partial charge in [0.1, 0.15) is 5.75 Å². The Balaban J connectivity index is 3.38. The summed E-state index contributed by atoms with van der Waals surface area (Å²) in [4.78, 5) is 0.764. The van der Waals surface area contributed by atoms with Crippen molar-refractivity contribution >= 4 is 14.9 Å². The summed E-state index contributed by atoms with van der Waals surface area (Å²) in [5.41, 5.74) is 0. The van der Waals surface area contributed by atoms with Crippen LogP contribution in [0.1, 0.15) is 6.92 Å². The molecule has 13 heavy (non-hydrogen) atoms. The number of rotatable bonds is 2. The number of benzene rings is 1. The predicted octanol–water partition coefficient (Wildman–Crippen LogP) is 1.79.